The van der Waals surface area contributed by atoms with Gasteiger partial charge in [-0.05, 0) is 56.4 Å². The topological polar surface area (TPSA) is 62.2 Å². The Morgan fingerprint density at radius 1 is 1.08 bits per heavy atom. The predicted octanol–water partition coefficient (Wildman–Crippen LogP) is 4.68. The Labute approximate surface area is 145 Å². The van der Waals surface area contributed by atoms with E-state index in [0.717, 1.165) is 38.0 Å². The van der Waals surface area contributed by atoms with E-state index in [-0.39, 0.29) is 0 Å². The molecule has 4 heteroatoms. The number of aromatic nitrogens is 1. The molecule has 1 aromatic rings. The Morgan fingerprint density at radius 2 is 1.83 bits per heavy atom. The maximum atomic E-state index is 10.4. The molecule has 0 atom stereocenters. The largest absolute Gasteiger partial charge is 0.481 e. The summed E-state index contributed by atoms with van der Waals surface area (Å²) in [5.41, 5.74) is 3.13. The molecule has 1 fully saturated rings. The molecule has 3 rings (SSSR count). The van der Waals surface area contributed by atoms with Crippen molar-refractivity contribution >= 4 is 11.8 Å². The van der Waals surface area contributed by atoms with Crippen LogP contribution in [-0.2, 0) is 16.6 Å². The first kappa shape index (κ1) is 17.2. The van der Waals surface area contributed by atoms with E-state index in [4.69, 9.17) is 10.1 Å². The molecule has 2 heterocycles. The summed E-state index contributed by atoms with van der Waals surface area (Å²) in [6.07, 6.45) is 13.2. The number of nitrogens with zero attached hydrogens (tertiary/aromatic N) is 1. The van der Waals surface area contributed by atoms with Gasteiger partial charge in [-0.1, -0.05) is 31.7 Å². The average molecular weight is 330 g/mol. The number of pyridine rings is 1. The first-order valence-electron chi connectivity index (χ1n) is 9.66. The molecule has 1 aromatic heterocycles. The molecule has 2 aliphatic rings. The van der Waals surface area contributed by atoms with Crippen molar-refractivity contribution in [3.05, 3.63) is 23.4 Å². The zero-order chi connectivity index (χ0) is 16.8. The van der Waals surface area contributed by atoms with Crippen LogP contribution >= 0.6 is 0 Å². The number of anilines is 1. The average Bonchev–Trinajstić information content (AvgIpc) is 3.37. The van der Waals surface area contributed by atoms with Gasteiger partial charge < -0.3 is 10.4 Å². The minimum absolute atomic E-state index is 0.313. The number of aryl methyl sites for hydroxylation is 1. The van der Waals surface area contributed by atoms with E-state index in [1.165, 1.54) is 56.2 Å². The number of carbonyl (C=O) groups is 1. The third kappa shape index (κ3) is 4.49. The first-order chi connectivity index (χ1) is 11.7. The minimum Gasteiger partial charge on any atom is -0.481 e. The second kappa shape index (κ2) is 8.00. The summed E-state index contributed by atoms with van der Waals surface area (Å²) < 4.78 is 0. The summed E-state index contributed by atoms with van der Waals surface area (Å²) >= 11 is 0. The number of carboxylic acid groups (broad SMARTS) is 1. The molecular formula is C20H30N2O2. The molecule has 24 heavy (non-hydrogen) atoms. The summed E-state index contributed by atoms with van der Waals surface area (Å²) in [7, 11) is 0. The van der Waals surface area contributed by atoms with Gasteiger partial charge in [-0.3, -0.25) is 4.79 Å². The van der Waals surface area contributed by atoms with Crippen molar-refractivity contribution in [2.24, 2.45) is 0 Å². The molecule has 132 valence electrons. The molecule has 1 spiro atoms. The molecule has 4 nitrogen and oxygen atoms in total. The van der Waals surface area contributed by atoms with Crippen molar-refractivity contribution in [2.75, 3.05) is 11.9 Å². The Bertz CT molecular complexity index is 567. The van der Waals surface area contributed by atoms with E-state index in [0.29, 0.717) is 11.8 Å². The van der Waals surface area contributed by atoms with Crippen molar-refractivity contribution < 1.29 is 9.90 Å². The lowest BCUT2D eigenvalue weighted by Crippen LogP contribution is -2.08. The summed E-state index contributed by atoms with van der Waals surface area (Å²) in [4.78, 5) is 15.3. The van der Waals surface area contributed by atoms with E-state index in [9.17, 15) is 4.79 Å². The van der Waals surface area contributed by atoms with Gasteiger partial charge in [0.1, 0.15) is 5.82 Å². The minimum atomic E-state index is -0.675. The van der Waals surface area contributed by atoms with Crippen molar-refractivity contribution in [2.45, 2.75) is 82.5 Å². The summed E-state index contributed by atoms with van der Waals surface area (Å²) in [5, 5.41) is 12.1. The highest BCUT2D eigenvalue weighted by molar-refractivity contribution is 5.66. The zero-order valence-corrected chi connectivity index (χ0v) is 14.6. The number of carboxylic acids is 1. The number of fused-ring (bicyclic) bond motifs is 2. The summed E-state index contributed by atoms with van der Waals surface area (Å²) in [6.45, 7) is 1.06. The number of aliphatic carboxylic acids is 1. The van der Waals surface area contributed by atoms with E-state index in [2.05, 4.69) is 17.4 Å². The molecule has 2 N–H and O–H groups in total. The smallest absolute Gasteiger partial charge is 0.303 e. The third-order valence-corrected chi connectivity index (χ3v) is 5.58. The maximum Gasteiger partial charge on any atom is 0.303 e. The lowest BCUT2D eigenvalue weighted by atomic mass is 9.92. The van der Waals surface area contributed by atoms with Crippen LogP contribution in [0.1, 0.15) is 81.9 Å². The van der Waals surface area contributed by atoms with Crippen molar-refractivity contribution in [3.8, 4) is 0 Å². The van der Waals surface area contributed by atoms with Crippen molar-refractivity contribution in [3.63, 3.8) is 0 Å². The van der Waals surface area contributed by atoms with Crippen LogP contribution in [0.25, 0.3) is 0 Å². The van der Waals surface area contributed by atoms with Gasteiger partial charge in [0.05, 0.1) is 0 Å². The molecule has 0 aromatic carbocycles. The normalized spacial score (nSPS) is 17.8. The van der Waals surface area contributed by atoms with Crippen LogP contribution in [0.5, 0.6) is 0 Å². The van der Waals surface area contributed by atoms with Crippen LogP contribution in [0.4, 0.5) is 5.82 Å². The quantitative estimate of drug-likeness (QED) is 0.646. The van der Waals surface area contributed by atoms with Crippen molar-refractivity contribution in [1.82, 2.24) is 4.98 Å². The van der Waals surface area contributed by atoms with Crippen LogP contribution in [0.2, 0.25) is 0 Å². The van der Waals surface area contributed by atoms with Gasteiger partial charge in [0, 0.05) is 24.2 Å². The Balaban J connectivity index is 1.39. The highest BCUT2D eigenvalue weighted by Crippen LogP contribution is 2.54. The zero-order valence-electron chi connectivity index (χ0n) is 14.6. The first-order valence-corrected chi connectivity index (χ1v) is 9.66. The Hall–Kier alpha value is -1.58. The number of nitrogens with one attached hydrogen (secondary N) is 1. The van der Waals surface area contributed by atoms with E-state index < -0.39 is 5.97 Å². The van der Waals surface area contributed by atoms with E-state index in [1.807, 2.05) is 0 Å². The number of hydrogen-bond acceptors (Lipinski definition) is 3. The van der Waals surface area contributed by atoms with Gasteiger partial charge in [-0.15, -0.1) is 0 Å². The molecular weight excluding hydrogens is 300 g/mol. The predicted molar refractivity (Wildman–Crippen MR) is 96.5 cm³/mol. The van der Waals surface area contributed by atoms with E-state index in [1.54, 1.807) is 0 Å². The molecule has 1 aliphatic carbocycles. The van der Waals surface area contributed by atoms with E-state index >= 15 is 0 Å². The van der Waals surface area contributed by atoms with Gasteiger partial charge in [0.15, 0.2) is 0 Å². The monoisotopic (exact) mass is 330 g/mol. The fourth-order valence-corrected chi connectivity index (χ4v) is 3.93. The Kier molecular flexibility index (Phi) is 5.75. The highest BCUT2D eigenvalue weighted by Gasteiger charge is 2.46. The third-order valence-electron chi connectivity index (χ3n) is 5.58. The molecule has 0 bridgehead atoms. The number of rotatable bonds is 9. The fraction of sp³-hybridized carbons (Fsp3) is 0.700. The fourth-order valence-electron chi connectivity index (χ4n) is 3.93. The van der Waals surface area contributed by atoms with Crippen LogP contribution in [-0.4, -0.2) is 22.6 Å². The molecule has 0 radical (unpaired) electrons. The summed E-state index contributed by atoms with van der Waals surface area (Å²) in [6, 6.07) is 4.56. The molecule has 1 saturated carbocycles. The molecule has 0 saturated heterocycles. The van der Waals surface area contributed by atoms with Crippen LogP contribution < -0.4 is 5.32 Å². The van der Waals surface area contributed by atoms with Crippen LogP contribution in [0.15, 0.2) is 12.1 Å². The lowest BCUT2D eigenvalue weighted by molar-refractivity contribution is -0.137. The van der Waals surface area contributed by atoms with Gasteiger partial charge in [0.25, 0.3) is 0 Å². The van der Waals surface area contributed by atoms with Crippen LogP contribution in [0.3, 0.4) is 0 Å². The molecule has 1 aliphatic heterocycles. The van der Waals surface area contributed by atoms with Crippen molar-refractivity contribution in [1.29, 1.82) is 0 Å². The standard InChI is InChI=1S/C20H30N2O2/c23-18(24)9-6-4-2-1-3-5-8-16-10-11-17-19(22-16)21-15-7-12-20(17)13-14-20/h10-11H,1-9,12-15H2,(H,21,22)(H,23,24). The molecule has 0 unspecified atom stereocenters. The van der Waals surface area contributed by atoms with Gasteiger partial charge in [-0.25, -0.2) is 4.98 Å². The van der Waals surface area contributed by atoms with Gasteiger partial charge in [0.2, 0.25) is 0 Å². The Morgan fingerprint density at radius 3 is 2.58 bits per heavy atom. The summed E-state index contributed by atoms with van der Waals surface area (Å²) in [5.74, 6) is 0.474. The second-order valence-electron chi connectivity index (χ2n) is 7.52. The SMILES string of the molecule is O=C(O)CCCCCCCCc1ccc2c(n1)NCCCC21CC1. The van der Waals surface area contributed by atoms with Gasteiger partial charge >= 0.3 is 5.97 Å². The van der Waals surface area contributed by atoms with Crippen LogP contribution in [0, 0.1) is 0 Å². The number of hydrogen-bond donors (Lipinski definition) is 2. The number of unbranched alkanes of at least 4 members (excludes halogenated alkanes) is 5. The highest BCUT2D eigenvalue weighted by atomic mass is 16.4. The molecule has 0 amide bonds. The second-order valence-corrected chi connectivity index (χ2v) is 7.52. The maximum absolute atomic E-state index is 10.4. The lowest BCUT2D eigenvalue weighted by Gasteiger charge is -2.15. The van der Waals surface area contributed by atoms with Gasteiger partial charge in [-0.2, -0.15) is 0 Å².